The number of halogens is 2. The number of alkyl halides is 2. The van der Waals surface area contributed by atoms with Gasteiger partial charge in [-0.1, -0.05) is 0 Å². The molecule has 0 radical (unpaired) electrons. The molecule has 3 nitrogen and oxygen atoms in total. The van der Waals surface area contributed by atoms with Gasteiger partial charge in [0.05, 0.1) is 11.7 Å². The summed E-state index contributed by atoms with van der Waals surface area (Å²) in [4.78, 5) is 4.10. The SMILES string of the molecule is Cc1cn2c(n1)NCCC2C(F)F. The third-order valence-electron chi connectivity index (χ3n) is 2.22. The molecule has 1 aliphatic rings. The molecule has 1 N–H and O–H groups in total. The lowest BCUT2D eigenvalue weighted by molar-refractivity contribution is 0.0777. The number of aryl methyl sites for hydroxylation is 1. The summed E-state index contributed by atoms with van der Waals surface area (Å²) in [6, 6.07) is -0.711. The Bertz CT molecular complexity index is 308. The van der Waals surface area contributed by atoms with Crippen molar-refractivity contribution in [1.82, 2.24) is 9.55 Å². The molecule has 2 heterocycles. The molecule has 1 aliphatic heterocycles. The van der Waals surface area contributed by atoms with Crippen LogP contribution in [0.15, 0.2) is 6.20 Å². The van der Waals surface area contributed by atoms with Gasteiger partial charge in [0.1, 0.15) is 0 Å². The fraction of sp³-hybridized carbons (Fsp3) is 0.625. The molecule has 13 heavy (non-hydrogen) atoms. The molecule has 0 fully saturated rings. The molecular formula is C8H11F2N3. The van der Waals surface area contributed by atoms with Crippen LogP contribution in [0.3, 0.4) is 0 Å². The number of nitrogens with zero attached hydrogens (tertiary/aromatic N) is 2. The smallest absolute Gasteiger partial charge is 0.259 e. The summed E-state index contributed by atoms with van der Waals surface area (Å²) in [5.41, 5.74) is 0.773. The minimum atomic E-state index is -2.31. The van der Waals surface area contributed by atoms with Crippen molar-refractivity contribution in [3.8, 4) is 0 Å². The lowest BCUT2D eigenvalue weighted by Gasteiger charge is -2.24. The van der Waals surface area contributed by atoms with E-state index in [0.29, 0.717) is 18.9 Å². The summed E-state index contributed by atoms with van der Waals surface area (Å²) in [5.74, 6) is 0.564. The lowest BCUT2D eigenvalue weighted by Crippen LogP contribution is -2.27. The monoisotopic (exact) mass is 187 g/mol. The highest BCUT2D eigenvalue weighted by molar-refractivity contribution is 5.31. The molecule has 0 aromatic carbocycles. The molecule has 72 valence electrons. The van der Waals surface area contributed by atoms with E-state index in [1.165, 1.54) is 4.57 Å². The van der Waals surface area contributed by atoms with Gasteiger partial charge in [-0.25, -0.2) is 13.8 Å². The predicted octanol–water partition coefficient (Wildman–Crippen LogP) is 1.81. The maximum absolute atomic E-state index is 12.5. The number of hydrogen-bond acceptors (Lipinski definition) is 2. The van der Waals surface area contributed by atoms with E-state index in [-0.39, 0.29) is 0 Å². The van der Waals surface area contributed by atoms with Gasteiger partial charge in [-0.15, -0.1) is 0 Å². The molecule has 5 heteroatoms. The number of aromatic nitrogens is 2. The second kappa shape index (κ2) is 2.97. The Morgan fingerprint density at radius 3 is 3.15 bits per heavy atom. The average molecular weight is 187 g/mol. The first kappa shape index (κ1) is 8.47. The number of anilines is 1. The van der Waals surface area contributed by atoms with Crippen molar-refractivity contribution in [3.05, 3.63) is 11.9 Å². The zero-order valence-electron chi connectivity index (χ0n) is 7.30. The van der Waals surface area contributed by atoms with Crippen LogP contribution in [0, 0.1) is 6.92 Å². The summed E-state index contributed by atoms with van der Waals surface area (Å²) < 4.78 is 26.6. The van der Waals surface area contributed by atoms with E-state index in [9.17, 15) is 8.78 Å². The maximum atomic E-state index is 12.5. The Hall–Kier alpha value is -1.13. The van der Waals surface area contributed by atoms with Crippen LogP contribution in [-0.4, -0.2) is 22.5 Å². The summed E-state index contributed by atoms with van der Waals surface area (Å²) in [6.45, 7) is 2.38. The van der Waals surface area contributed by atoms with Crippen molar-refractivity contribution in [2.45, 2.75) is 25.8 Å². The second-order valence-electron chi connectivity index (χ2n) is 3.23. The van der Waals surface area contributed by atoms with Gasteiger partial charge in [0.25, 0.3) is 6.43 Å². The molecule has 0 saturated heterocycles. The largest absolute Gasteiger partial charge is 0.356 e. The normalized spacial score (nSPS) is 21.4. The third kappa shape index (κ3) is 1.38. The fourth-order valence-electron chi connectivity index (χ4n) is 1.62. The molecule has 1 aromatic rings. The summed E-state index contributed by atoms with van der Waals surface area (Å²) in [7, 11) is 0. The van der Waals surface area contributed by atoms with Crippen molar-refractivity contribution in [1.29, 1.82) is 0 Å². The van der Waals surface area contributed by atoms with Gasteiger partial charge in [0, 0.05) is 12.7 Å². The Morgan fingerprint density at radius 2 is 2.46 bits per heavy atom. The molecule has 1 unspecified atom stereocenters. The molecule has 2 rings (SSSR count). The standard InChI is InChI=1S/C8H11F2N3/c1-5-4-13-6(7(9)10)2-3-11-8(13)12-5/h4,6-7H,2-3H2,1H3,(H,11,12). The van der Waals surface area contributed by atoms with E-state index in [1.807, 2.05) is 0 Å². The lowest BCUT2D eigenvalue weighted by atomic mass is 10.2. The zero-order valence-corrected chi connectivity index (χ0v) is 7.30. The van der Waals surface area contributed by atoms with E-state index in [2.05, 4.69) is 10.3 Å². The van der Waals surface area contributed by atoms with Gasteiger partial charge in [-0.2, -0.15) is 0 Å². The van der Waals surface area contributed by atoms with E-state index >= 15 is 0 Å². The zero-order chi connectivity index (χ0) is 9.42. The van der Waals surface area contributed by atoms with Crippen LogP contribution in [-0.2, 0) is 0 Å². The number of imidazole rings is 1. The molecule has 0 amide bonds. The first-order chi connectivity index (χ1) is 6.18. The predicted molar refractivity (Wildman–Crippen MR) is 45.1 cm³/mol. The highest BCUT2D eigenvalue weighted by atomic mass is 19.3. The highest BCUT2D eigenvalue weighted by Crippen LogP contribution is 2.28. The van der Waals surface area contributed by atoms with Crippen molar-refractivity contribution in [2.24, 2.45) is 0 Å². The Morgan fingerprint density at radius 1 is 1.69 bits per heavy atom. The number of fused-ring (bicyclic) bond motifs is 1. The molecule has 0 spiro atoms. The van der Waals surface area contributed by atoms with Crippen molar-refractivity contribution in [3.63, 3.8) is 0 Å². The Labute approximate surface area is 74.8 Å². The summed E-state index contributed by atoms with van der Waals surface area (Å²) in [5, 5.41) is 2.99. The fourth-order valence-corrected chi connectivity index (χ4v) is 1.62. The number of nitrogens with one attached hydrogen (secondary N) is 1. The molecule has 1 aromatic heterocycles. The number of rotatable bonds is 1. The number of hydrogen-bond donors (Lipinski definition) is 1. The van der Waals surface area contributed by atoms with E-state index in [4.69, 9.17) is 0 Å². The molecule has 0 bridgehead atoms. The summed E-state index contributed by atoms with van der Waals surface area (Å²) >= 11 is 0. The highest BCUT2D eigenvalue weighted by Gasteiger charge is 2.27. The maximum Gasteiger partial charge on any atom is 0.259 e. The van der Waals surface area contributed by atoms with E-state index in [0.717, 1.165) is 5.69 Å². The third-order valence-corrected chi connectivity index (χ3v) is 2.22. The average Bonchev–Trinajstić information content (AvgIpc) is 2.43. The van der Waals surface area contributed by atoms with Gasteiger partial charge in [-0.05, 0) is 13.3 Å². The molecule has 1 atom stereocenters. The minimum absolute atomic E-state index is 0.459. The van der Waals surface area contributed by atoms with Gasteiger partial charge in [0.15, 0.2) is 0 Å². The van der Waals surface area contributed by atoms with Crippen LogP contribution in [0.1, 0.15) is 18.2 Å². The minimum Gasteiger partial charge on any atom is -0.356 e. The van der Waals surface area contributed by atoms with Crippen LogP contribution in [0.2, 0.25) is 0 Å². The molecule has 0 aliphatic carbocycles. The van der Waals surface area contributed by atoms with Crippen LogP contribution in [0.4, 0.5) is 14.7 Å². The Kier molecular flexibility index (Phi) is 1.94. The van der Waals surface area contributed by atoms with Gasteiger partial charge < -0.3 is 9.88 Å². The van der Waals surface area contributed by atoms with Crippen LogP contribution >= 0.6 is 0 Å². The molecule has 0 saturated carbocycles. The second-order valence-corrected chi connectivity index (χ2v) is 3.23. The Balaban J connectivity index is 2.36. The van der Waals surface area contributed by atoms with E-state index in [1.54, 1.807) is 13.1 Å². The van der Waals surface area contributed by atoms with Crippen molar-refractivity contribution < 1.29 is 8.78 Å². The van der Waals surface area contributed by atoms with Gasteiger partial charge in [0.2, 0.25) is 5.95 Å². The first-order valence-electron chi connectivity index (χ1n) is 4.26. The van der Waals surface area contributed by atoms with E-state index < -0.39 is 12.5 Å². The van der Waals surface area contributed by atoms with Crippen LogP contribution < -0.4 is 5.32 Å². The topological polar surface area (TPSA) is 29.9 Å². The van der Waals surface area contributed by atoms with Crippen molar-refractivity contribution >= 4 is 5.95 Å². The van der Waals surface area contributed by atoms with Crippen LogP contribution in [0.5, 0.6) is 0 Å². The van der Waals surface area contributed by atoms with Crippen LogP contribution in [0.25, 0.3) is 0 Å². The quantitative estimate of drug-likeness (QED) is 0.726. The molecular weight excluding hydrogens is 176 g/mol. The first-order valence-corrected chi connectivity index (χ1v) is 4.26. The van der Waals surface area contributed by atoms with Gasteiger partial charge in [-0.3, -0.25) is 0 Å². The van der Waals surface area contributed by atoms with Gasteiger partial charge >= 0.3 is 0 Å². The summed E-state index contributed by atoms with van der Waals surface area (Å²) in [6.07, 6.45) is -0.187. The van der Waals surface area contributed by atoms with Crippen molar-refractivity contribution in [2.75, 3.05) is 11.9 Å².